The summed E-state index contributed by atoms with van der Waals surface area (Å²) >= 11 is 1.19. The molecule has 1 N–H and O–H groups in total. The van der Waals surface area contributed by atoms with Crippen LogP contribution >= 0.6 is 11.3 Å². The highest BCUT2D eigenvalue weighted by atomic mass is 32.1. The van der Waals surface area contributed by atoms with Gasteiger partial charge in [-0.1, -0.05) is 11.3 Å². The number of aromatic nitrogens is 1. The average molecular weight is 306 g/mol. The van der Waals surface area contributed by atoms with Gasteiger partial charge in [0.05, 0.1) is 17.6 Å². The maximum absolute atomic E-state index is 11.8. The fourth-order valence-corrected chi connectivity index (χ4v) is 2.48. The third-order valence-corrected chi connectivity index (χ3v) is 3.43. The minimum atomic E-state index is -0.538. The van der Waals surface area contributed by atoms with Crippen LogP contribution in [0.2, 0.25) is 0 Å². The molecule has 0 radical (unpaired) electrons. The van der Waals surface area contributed by atoms with Gasteiger partial charge < -0.3 is 13.6 Å². The predicted octanol–water partition coefficient (Wildman–Crippen LogP) is 2.91. The molecule has 0 atom stereocenters. The monoisotopic (exact) mass is 306 g/mol. The number of fused-ring (bicyclic) bond motifs is 1. The van der Waals surface area contributed by atoms with Crippen molar-refractivity contribution < 1.29 is 23.2 Å². The number of esters is 1. The molecular formula is C13H10N2O5S. The molecule has 0 aromatic carbocycles. The average Bonchev–Trinajstić information content (AvgIpc) is 3.13. The zero-order chi connectivity index (χ0) is 14.8. The maximum Gasteiger partial charge on any atom is 0.374 e. The van der Waals surface area contributed by atoms with E-state index in [4.69, 9.17) is 13.6 Å². The van der Waals surface area contributed by atoms with Crippen molar-refractivity contribution in [2.45, 2.75) is 6.92 Å². The van der Waals surface area contributed by atoms with Gasteiger partial charge in [-0.15, -0.1) is 0 Å². The van der Waals surface area contributed by atoms with Gasteiger partial charge in [-0.25, -0.2) is 4.79 Å². The quantitative estimate of drug-likeness (QED) is 0.745. The fraction of sp³-hybridized carbons (Fsp3) is 0.154. The van der Waals surface area contributed by atoms with Crippen molar-refractivity contribution in [3.05, 3.63) is 36.0 Å². The van der Waals surface area contributed by atoms with E-state index in [-0.39, 0.29) is 23.8 Å². The van der Waals surface area contributed by atoms with Gasteiger partial charge in [0.1, 0.15) is 0 Å². The Hall–Kier alpha value is -2.61. The Morgan fingerprint density at radius 2 is 2.29 bits per heavy atom. The van der Waals surface area contributed by atoms with Crippen LogP contribution < -0.4 is 5.32 Å². The Morgan fingerprint density at radius 1 is 1.43 bits per heavy atom. The van der Waals surface area contributed by atoms with Gasteiger partial charge in [0.15, 0.2) is 10.9 Å². The molecule has 3 aromatic heterocycles. The molecule has 0 spiro atoms. The van der Waals surface area contributed by atoms with E-state index in [0.29, 0.717) is 9.83 Å². The molecule has 0 bridgehead atoms. The molecule has 7 nitrogen and oxygen atoms in total. The van der Waals surface area contributed by atoms with Gasteiger partial charge in [0, 0.05) is 6.07 Å². The smallest absolute Gasteiger partial charge is 0.374 e. The molecule has 3 aromatic rings. The molecule has 0 saturated carbocycles. The number of carbonyl (C=O) groups is 2. The third-order valence-electron chi connectivity index (χ3n) is 2.53. The summed E-state index contributed by atoms with van der Waals surface area (Å²) in [6.07, 6.45) is 1.41. The number of ether oxygens (including phenoxy) is 1. The summed E-state index contributed by atoms with van der Waals surface area (Å²) in [6.45, 7) is 1.98. The summed E-state index contributed by atoms with van der Waals surface area (Å²) in [5.41, 5.74) is 0.276. The van der Waals surface area contributed by atoms with E-state index in [1.54, 1.807) is 19.1 Å². The van der Waals surface area contributed by atoms with Crippen LogP contribution in [0.1, 0.15) is 28.0 Å². The van der Waals surface area contributed by atoms with Crippen molar-refractivity contribution in [2.24, 2.45) is 0 Å². The van der Waals surface area contributed by atoms with Gasteiger partial charge in [0.25, 0.3) is 5.91 Å². The van der Waals surface area contributed by atoms with E-state index in [9.17, 15) is 9.59 Å². The number of nitrogens with zero attached hydrogens (tertiary/aromatic N) is 1. The number of nitrogens with one attached hydrogen (secondary N) is 1. The van der Waals surface area contributed by atoms with Crippen molar-refractivity contribution >= 4 is 38.8 Å². The number of anilines is 1. The first-order chi connectivity index (χ1) is 10.2. The van der Waals surface area contributed by atoms with Gasteiger partial charge in [-0.3, -0.25) is 10.1 Å². The molecule has 0 aliphatic carbocycles. The maximum atomic E-state index is 11.8. The van der Waals surface area contributed by atoms with Crippen LogP contribution in [0.5, 0.6) is 0 Å². The largest absolute Gasteiger partial charge is 0.460 e. The Balaban J connectivity index is 1.78. The molecule has 0 fully saturated rings. The first kappa shape index (κ1) is 13.4. The van der Waals surface area contributed by atoms with Crippen molar-refractivity contribution in [3.63, 3.8) is 0 Å². The number of thiazole rings is 1. The minimum absolute atomic E-state index is 0.0921. The number of furan rings is 2. The summed E-state index contributed by atoms with van der Waals surface area (Å²) in [4.78, 5) is 27.4. The standard InChI is InChI=1S/C13H10N2O5S/c1-2-18-12(17)8-6-9-11(20-8)15-13(21-9)14-10(16)7-4-3-5-19-7/h3-6H,2H2,1H3,(H,14,15,16). The number of hydrogen-bond acceptors (Lipinski definition) is 7. The molecule has 1 amide bonds. The van der Waals surface area contributed by atoms with Crippen LogP contribution in [0, 0.1) is 0 Å². The van der Waals surface area contributed by atoms with Crippen molar-refractivity contribution in [1.82, 2.24) is 4.98 Å². The summed E-state index contributed by atoms with van der Waals surface area (Å²) in [5.74, 6) is -0.658. The lowest BCUT2D eigenvalue weighted by molar-refractivity contribution is 0.0492. The molecule has 8 heteroatoms. The second-order valence-corrected chi connectivity index (χ2v) is 4.98. The van der Waals surface area contributed by atoms with E-state index in [1.807, 2.05) is 0 Å². The highest BCUT2D eigenvalue weighted by molar-refractivity contribution is 7.22. The van der Waals surface area contributed by atoms with Crippen LogP contribution in [0.3, 0.4) is 0 Å². The van der Waals surface area contributed by atoms with Gasteiger partial charge in [-0.05, 0) is 19.1 Å². The van der Waals surface area contributed by atoms with Crippen LogP contribution in [0.15, 0.2) is 33.3 Å². The summed E-state index contributed by atoms with van der Waals surface area (Å²) in [7, 11) is 0. The molecule has 21 heavy (non-hydrogen) atoms. The van der Waals surface area contributed by atoms with E-state index in [0.717, 1.165) is 0 Å². The molecule has 0 aliphatic heterocycles. The molecular weight excluding hydrogens is 296 g/mol. The second-order valence-electron chi connectivity index (χ2n) is 3.95. The zero-order valence-corrected chi connectivity index (χ0v) is 11.7. The van der Waals surface area contributed by atoms with Crippen LogP contribution in [-0.2, 0) is 4.74 Å². The van der Waals surface area contributed by atoms with Gasteiger partial charge in [0.2, 0.25) is 11.5 Å². The lowest BCUT2D eigenvalue weighted by Gasteiger charge is -1.97. The zero-order valence-electron chi connectivity index (χ0n) is 10.9. The summed E-state index contributed by atoms with van der Waals surface area (Å²) in [5, 5.41) is 2.95. The second kappa shape index (κ2) is 5.41. The lowest BCUT2D eigenvalue weighted by atomic mass is 10.4. The Bertz CT molecular complexity index is 755. The SMILES string of the molecule is CCOC(=O)c1cc2sc(NC(=O)c3ccco3)nc2o1. The van der Waals surface area contributed by atoms with Crippen molar-refractivity contribution in [1.29, 1.82) is 0 Å². The number of amides is 1. The van der Waals surface area contributed by atoms with Gasteiger partial charge >= 0.3 is 5.97 Å². The van der Waals surface area contributed by atoms with Crippen LogP contribution in [0.4, 0.5) is 5.13 Å². The number of carbonyl (C=O) groups excluding carboxylic acids is 2. The summed E-state index contributed by atoms with van der Waals surface area (Å²) in [6, 6.07) is 4.70. The molecule has 0 unspecified atom stereocenters. The predicted molar refractivity (Wildman–Crippen MR) is 74.5 cm³/mol. The van der Waals surface area contributed by atoms with Crippen molar-refractivity contribution in [3.8, 4) is 0 Å². The van der Waals surface area contributed by atoms with E-state index >= 15 is 0 Å². The fourth-order valence-electron chi connectivity index (χ4n) is 1.66. The molecule has 3 rings (SSSR count). The molecule has 3 heterocycles. The number of hydrogen-bond donors (Lipinski definition) is 1. The first-order valence-corrected chi connectivity index (χ1v) is 6.91. The molecule has 108 valence electrons. The van der Waals surface area contributed by atoms with E-state index < -0.39 is 11.9 Å². The Labute approximate surface area is 122 Å². The highest BCUT2D eigenvalue weighted by Gasteiger charge is 2.18. The molecule has 0 aliphatic rings. The Kier molecular flexibility index (Phi) is 3.44. The first-order valence-electron chi connectivity index (χ1n) is 6.09. The van der Waals surface area contributed by atoms with Crippen LogP contribution in [0.25, 0.3) is 10.4 Å². The topological polar surface area (TPSA) is 94.6 Å². The lowest BCUT2D eigenvalue weighted by Crippen LogP contribution is -2.10. The summed E-state index contributed by atoms with van der Waals surface area (Å²) < 4.78 is 15.7. The molecule has 0 saturated heterocycles. The van der Waals surface area contributed by atoms with Gasteiger partial charge in [-0.2, -0.15) is 4.98 Å². The number of rotatable bonds is 4. The van der Waals surface area contributed by atoms with E-state index in [1.165, 1.54) is 23.7 Å². The Morgan fingerprint density at radius 3 is 2.95 bits per heavy atom. The van der Waals surface area contributed by atoms with Crippen molar-refractivity contribution in [2.75, 3.05) is 11.9 Å². The van der Waals surface area contributed by atoms with E-state index in [2.05, 4.69) is 10.3 Å². The highest BCUT2D eigenvalue weighted by Crippen LogP contribution is 2.29. The van der Waals surface area contributed by atoms with Crippen LogP contribution in [-0.4, -0.2) is 23.5 Å². The minimum Gasteiger partial charge on any atom is -0.460 e. The normalized spacial score (nSPS) is 10.7. The third kappa shape index (κ3) is 2.65.